The monoisotopic (exact) mass is 351 g/mol. The van der Waals surface area contributed by atoms with Gasteiger partial charge in [0.05, 0.1) is 5.02 Å². The average Bonchev–Trinajstić information content (AvgIpc) is 2.87. The second kappa shape index (κ2) is 5.53. The molecule has 0 aliphatic heterocycles. The van der Waals surface area contributed by atoms with Crippen LogP contribution in [0.25, 0.3) is 10.1 Å². The number of nitrogens with one attached hydrogen (secondary N) is 1. The zero-order valence-corrected chi connectivity index (χ0v) is 13.1. The minimum absolute atomic E-state index is 0.743. The molecule has 1 N–H and O–H groups in total. The minimum Gasteiger partial charge on any atom is -0.381 e. The summed E-state index contributed by atoms with van der Waals surface area (Å²) in [6.07, 6.45) is 0. The second-order valence-corrected chi connectivity index (χ2v) is 6.48. The molecule has 0 fully saturated rings. The number of hydrogen-bond donors (Lipinski definition) is 1. The van der Waals surface area contributed by atoms with Gasteiger partial charge in [0, 0.05) is 21.4 Å². The Balaban J connectivity index is 1.75. The van der Waals surface area contributed by atoms with E-state index in [1.165, 1.54) is 15.6 Å². The molecular formula is C15H11BrClNS. The zero-order valence-electron chi connectivity index (χ0n) is 9.99. The number of halogens is 2. The highest BCUT2D eigenvalue weighted by Crippen LogP contribution is 2.26. The summed E-state index contributed by atoms with van der Waals surface area (Å²) in [6.45, 7) is 0.767. The standard InChI is InChI=1S/C15H11BrClNS/c16-13-3-1-10(7-14(13)17)9-18-12-2-4-15-11(8-12)5-6-19-15/h1-8,18H,9H2. The van der Waals surface area contributed by atoms with Crippen LogP contribution in [0.3, 0.4) is 0 Å². The molecule has 3 aromatic rings. The van der Waals surface area contributed by atoms with E-state index in [-0.39, 0.29) is 0 Å². The van der Waals surface area contributed by atoms with Crippen LogP contribution in [-0.4, -0.2) is 0 Å². The third-order valence-electron chi connectivity index (χ3n) is 2.93. The summed E-state index contributed by atoms with van der Waals surface area (Å²) in [6, 6.07) is 14.6. The Morgan fingerprint density at radius 2 is 2.00 bits per heavy atom. The number of hydrogen-bond acceptors (Lipinski definition) is 2. The van der Waals surface area contributed by atoms with Crippen LogP contribution in [0.1, 0.15) is 5.56 Å². The summed E-state index contributed by atoms with van der Waals surface area (Å²) in [5, 5.41) is 7.56. The largest absolute Gasteiger partial charge is 0.381 e. The van der Waals surface area contributed by atoms with E-state index in [0.29, 0.717) is 0 Å². The Bertz CT molecular complexity index is 723. The van der Waals surface area contributed by atoms with Crippen molar-refractivity contribution in [2.45, 2.75) is 6.54 Å². The summed E-state index contributed by atoms with van der Waals surface area (Å²) >= 11 is 11.2. The van der Waals surface area contributed by atoms with Crippen molar-refractivity contribution in [3.8, 4) is 0 Å². The molecule has 0 radical (unpaired) electrons. The van der Waals surface area contributed by atoms with E-state index in [9.17, 15) is 0 Å². The molecule has 0 atom stereocenters. The Kier molecular flexibility index (Phi) is 3.78. The van der Waals surface area contributed by atoms with Crippen LogP contribution in [0.15, 0.2) is 52.3 Å². The Labute approximate surface area is 129 Å². The van der Waals surface area contributed by atoms with Gasteiger partial charge in [-0.25, -0.2) is 0 Å². The van der Waals surface area contributed by atoms with E-state index in [1.807, 2.05) is 12.1 Å². The molecule has 0 bridgehead atoms. The van der Waals surface area contributed by atoms with Crippen LogP contribution < -0.4 is 5.32 Å². The van der Waals surface area contributed by atoms with E-state index in [2.05, 4.69) is 57.0 Å². The van der Waals surface area contributed by atoms with Crippen molar-refractivity contribution in [2.24, 2.45) is 0 Å². The second-order valence-electron chi connectivity index (χ2n) is 4.28. The molecule has 2 aromatic carbocycles. The summed E-state index contributed by atoms with van der Waals surface area (Å²) < 4.78 is 2.25. The zero-order chi connectivity index (χ0) is 13.2. The van der Waals surface area contributed by atoms with E-state index < -0.39 is 0 Å². The maximum absolute atomic E-state index is 6.09. The highest BCUT2D eigenvalue weighted by molar-refractivity contribution is 9.10. The number of rotatable bonds is 3. The van der Waals surface area contributed by atoms with Crippen molar-refractivity contribution in [2.75, 3.05) is 5.32 Å². The molecule has 0 unspecified atom stereocenters. The van der Waals surface area contributed by atoms with Crippen molar-refractivity contribution in [1.82, 2.24) is 0 Å². The normalized spacial score (nSPS) is 10.8. The smallest absolute Gasteiger partial charge is 0.0551 e. The topological polar surface area (TPSA) is 12.0 Å². The van der Waals surface area contributed by atoms with E-state index >= 15 is 0 Å². The Morgan fingerprint density at radius 1 is 1.11 bits per heavy atom. The highest BCUT2D eigenvalue weighted by atomic mass is 79.9. The average molecular weight is 353 g/mol. The number of fused-ring (bicyclic) bond motifs is 1. The van der Waals surface area contributed by atoms with Crippen LogP contribution in [0, 0.1) is 0 Å². The minimum atomic E-state index is 0.743. The lowest BCUT2D eigenvalue weighted by Crippen LogP contribution is -1.98. The first kappa shape index (κ1) is 13.0. The van der Waals surface area contributed by atoms with Gasteiger partial charge in [-0.3, -0.25) is 0 Å². The molecule has 0 saturated carbocycles. The molecule has 1 nitrogen and oxygen atoms in total. The molecule has 4 heteroatoms. The van der Waals surface area contributed by atoms with Gasteiger partial charge in [-0.15, -0.1) is 11.3 Å². The van der Waals surface area contributed by atoms with Crippen molar-refractivity contribution in [1.29, 1.82) is 0 Å². The maximum Gasteiger partial charge on any atom is 0.0551 e. The number of benzene rings is 2. The molecule has 0 aliphatic carbocycles. The lowest BCUT2D eigenvalue weighted by molar-refractivity contribution is 1.15. The van der Waals surface area contributed by atoms with Gasteiger partial charge in [-0.2, -0.15) is 0 Å². The molecule has 1 aromatic heterocycles. The Morgan fingerprint density at radius 3 is 2.84 bits per heavy atom. The maximum atomic E-state index is 6.09. The highest BCUT2D eigenvalue weighted by Gasteiger charge is 2.00. The Hall–Kier alpha value is -1.03. The van der Waals surface area contributed by atoms with Gasteiger partial charge in [0.25, 0.3) is 0 Å². The molecule has 0 saturated heterocycles. The van der Waals surface area contributed by atoms with Crippen molar-refractivity contribution in [3.63, 3.8) is 0 Å². The molecule has 3 rings (SSSR count). The van der Waals surface area contributed by atoms with Crippen LogP contribution >= 0.6 is 38.9 Å². The van der Waals surface area contributed by atoms with E-state index in [1.54, 1.807) is 11.3 Å². The molecule has 0 spiro atoms. The van der Waals surface area contributed by atoms with Crippen LogP contribution in [0.5, 0.6) is 0 Å². The predicted molar refractivity (Wildman–Crippen MR) is 88.3 cm³/mol. The fourth-order valence-corrected chi connectivity index (χ4v) is 3.15. The molecule has 0 aliphatic rings. The molecule has 96 valence electrons. The molecule has 19 heavy (non-hydrogen) atoms. The van der Waals surface area contributed by atoms with Gasteiger partial charge in [0.2, 0.25) is 0 Å². The van der Waals surface area contributed by atoms with Crippen molar-refractivity contribution >= 4 is 54.6 Å². The molecule has 1 heterocycles. The lowest BCUT2D eigenvalue weighted by atomic mass is 10.2. The first-order chi connectivity index (χ1) is 9.22. The lowest BCUT2D eigenvalue weighted by Gasteiger charge is -2.07. The van der Waals surface area contributed by atoms with Gasteiger partial charge in [0.1, 0.15) is 0 Å². The van der Waals surface area contributed by atoms with Gasteiger partial charge < -0.3 is 5.32 Å². The fraction of sp³-hybridized carbons (Fsp3) is 0.0667. The third-order valence-corrected chi connectivity index (χ3v) is 5.06. The summed E-state index contributed by atoms with van der Waals surface area (Å²) in [5.41, 5.74) is 2.29. The predicted octanol–water partition coefficient (Wildman–Crippen LogP) is 5.93. The SMILES string of the molecule is Clc1cc(CNc2ccc3sccc3c2)ccc1Br. The fourth-order valence-electron chi connectivity index (χ4n) is 1.93. The van der Waals surface area contributed by atoms with Gasteiger partial charge in [-0.1, -0.05) is 17.7 Å². The van der Waals surface area contributed by atoms with Gasteiger partial charge >= 0.3 is 0 Å². The van der Waals surface area contributed by atoms with Gasteiger partial charge in [-0.05, 0) is 68.7 Å². The van der Waals surface area contributed by atoms with Crippen molar-refractivity contribution < 1.29 is 0 Å². The van der Waals surface area contributed by atoms with Crippen LogP contribution in [0.2, 0.25) is 5.02 Å². The number of anilines is 1. The van der Waals surface area contributed by atoms with Crippen LogP contribution in [-0.2, 0) is 6.54 Å². The summed E-state index contributed by atoms with van der Waals surface area (Å²) in [7, 11) is 0. The molecule has 0 amide bonds. The molecular weight excluding hydrogens is 342 g/mol. The third kappa shape index (κ3) is 2.94. The number of thiophene rings is 1. The quantitative estimate of drug-likeness (QED) is 0.616. The summed E-state index contributed by atoms with van der Waals surface area (Å²) in [5.74, 6) is 0. The first-order valence-corrected chi connectivity index (χ1v) is 7.92. The summed E-state index contributed by atoms with van der Waals surface area (Å²) in [4.78, 5) is 0. The van der Waals surface area contributed by atoms with Crippen molar-refractivity contribution in [3.05, 3.63) is 62.9 Å². The first-order valence-electron chi connectivity index (χ1n) is 5.87. The van der Waals surface area contributed by atoms with E-state index in [0.717, 1.165) is 21.7 Å². The van der Waals surface area contributed by atoms with Gasteiger partial charge in [0.15, 0.2) is 0 Å². The van der Waals surface area contributed by atoms with E-state index in [4.69, 9.17) is 11.6 Å². The van der Waals surface area contributed by atoms with Crippen LogP contribution in [0.4, 0.5) is 5.69 Å².